The van der Waals surface area contributed by atoms with Crippen LogP contribution in [0, 0.1) is 0 Å². The lowest BCUT2D eigenvalue weighted by molar-refractivity contribution is 0.0272. The Morgan fingerprint density at radius 1 is 1.37 bits per heavy atom. The number of hydrogen-bond donors (Lipinski definition) is 2. The number of ether oxygens (including phenoxy) is 1. The second-order valence-corrected chi connectivity index (χ2v) is 6.04. The highest BCUT2D eigenvalue weighted by Gasteiger charge is 2.22. The molecule has 7 heteroatoms. The maximum atomic E-state index is 12.4. The summed E-state index contributed by atoms with van der Waals surface area (Å²) in [4.78, 5) is 2.83. The minimum absolute atomic E-state index is 0.251. The summed E-state index contributed by atoms with van der Waals surface area (Å²) in [7, 11) is -3.58. The Labute approximate surface area is 113 Å². The molecule has 6 nitrogen and oxygen atoms in total. The fourth-order valence-electron chi connectivity index (χ4n) is 1.99. The largest absolute Gasteiger partial charge is 0.399 e. The summed E-state index contributed by atoms with van der Waals surface area (Å²) in [5.41, 5.74) is 6.89. The van der Waals surface area contributed by atoms with E-state index >= 15 is 0 Å². The van der Waals surface area contributed by atoms with E-state index in [9.17, 15) is 8.42 Å². The van der Waals surface area contributed by atoms with Gasteiger partial charge in [-0.05, 0) is 24.1 Å². The van der Waals surface area contributed by atoms with Crippen LogP contribution in [0.4, 0.5) is 5.69 Å². The van der Waals surface area contributed by atoms with Gasteiger partial charge in [0.05, 0.1) is 18.1 Å². The van der Waals surface area contributed by atoms with Gasteiger partial charge in [-0.2, -0.15) is 0 Å². The molecule has 106 valence electrons. The third-order valence-electron chi connectivity index (χ3n) is 3.02. The summed E-state index contributed by atoms with van der Waals surface area (Å²) in [5, 5.41) is 1.65. The van der Waals surface area contributed by atoms with Gasteiger partial charge in [-0.1, -0.05) is 13.0 Å². The summed E-state index contributed by atoms with van der Waals surface area (Å²) >= 11 is 0. The molecule has 1 heterocycles. The molecule has 0 saturated carbocycles. The average molecular weight is 285 g/mol. The number of morpholine rings is 1. The Kier molecular flexibility index (Phi) is 4.41. The molecule has 2 rings (SSSR count). The minimum Gasteiger partial charge on any atom is -0.399 e. The van der Waals surface area contributed by atoms with Crippen molar-refractivity contribution in [3.8, 4) is 0 Å². The van der Waals surface area contributed by atoms with Gasteiger partial charge in [0.1, 0.15) is 0 Å². The number of rotatable bonds is 4. The molecule has 0 unspecified atom stereocenters. The molecule has 1 aliphatic rings. The summed E-state index contributed by atoms with van der Waals surface area (Å²) < 4.78 is 30.0. The van der Waals surface area contributed by atoms with E-state index in [-0.39, 0.29) is 4.90 Å². The van der Waals surface area contributed by atoms with Gasteiger partial charge >= 0.3 is 0 Å². The van der Waals surface area contributed by atoms with Crippen molar-refractivity contribution >= 4 is 15.7 Å². The van der Waals surface area contributed by atoms with Crippen LogP contribution < -0.4 is 10.6 Å². The Balaban J connectivity index is 2.25. The molecule has 0 spiro atoms. The van der Waals surface area contributed by atoms with Crippen LogP contribution in [0.1, 0.15) is 12.5 Å². The number of nitrogens with zero attached hydrogens (tertiary/aromatic N) is 1. The van der Waals surface area contributed by atoms with E-state index in [2.05, 4.69) is 4.83 Å². The second-order valence-electron chi connectivity index (χ2n) is 4.41. The molecule has 0 atom stereocenters. The lowest BCUT2D eigenvalue weighted by atomic mass is 10.1. The van der Waals surface area contributed by atoms with Crippen LogP contribution in [-0.2, 0) is 21.2 Å². The minimum atomic E-state index is -3.58. The topological polar surface area (TPSA) is 84.7 Å². The lowest BCUT2D eigenvalue weighted by Gasteiger charge is -2.27. The summed E-state index contributed by atoms with van der Waals surface area (Å²) in [6, 6.07) is 4.97. The first-order chi connectivity index (χ1) is 9.03. The number of nitrogens with two attached hydrogens (primary N) is 1. The van der Waals surface area contributed by atoms with Crippen molar-refractivity contribution in [2.24, 2.45) is 0 Å². The standard InChI is InChI=1S/C12H19N3O3S/c1-2-10-3-4-11(13)9-12(10)19(16,17)14-15-5-7-18-8-6-15/h3-4,9,14H,2,5-8,13H2,1H3. The maximum absolute atomic E-state index is 12.4. The zero-order valence-corrected chi connectivity index (χ0v) is 11.7. The van der Waals surface area contributed by atoms with Crippen LogP contribution in [-0.4, -0.2) is 39.7 Å². The van der Waals surface area contributed by atoms with Crippen LogP contribution in [0.25, 0.3) is 0 Å². The highest BCUT2D eigenvalue weighted by Crippen LogP contribution is 2.20. The molecule has 0 amide bonds. The van der Waals surface area contributed by atoms with E-state index in [0.29, 0.717) is 38.4 Å². The molecule has 1 fully saturated rings. The average Bonchev–Trinajstić information content (AvgIpc) is 2.39. The van der Waals surface area contributed by atoms with Crippen molar-refractivity contribution in [2.45, 2.75) is 18.2 Å². The Morgan fingerprint density at radius 3 is 2.68 bits per heavy atom. The molecule has 1 aromatic rings. The lowest BCUT2D eigenvalue weighted by Crippen LogP contribution is -2.48. The molecule has 3 N–H and O–H groups in total. The number of nitrogen functional groups attached to an aromatic ring is 1. The Morgan fingerprint density at radius 2 is 2.05 bits per heavy atom. The third-order valence-corrected chi connectivity index (χ3v) is 4.48. The van der Waals surface area contributed by atoms with Gasteiger partial charge in [0.2, 0.25) is 0 Å². The van der Waals surface area contributed by atoms with Crippen molar-refractivity contribution in [3.05, 3.63) is 23.8 Å². The summed E-state index contributed by atoms with van der Waals surface area (Å²) in [6.07, 6.45) is 0.639. The molecule has 0 aromatic heterocycles. The predicted molar refractivity (Wildman–Crippen MR) is 72.9 cm³/mol. The first kappa shape index (κ1) is 14.3. The molecule has 1 saturated heterocycles. The fourth-order valence-corrected chi connectivity index (χ4v) is 3.46. The van der Waals surface area contributed by atoms with Gasteiger partial charge in [-0.3, -0.25) is 0 Å². The summed E-state index contributed by atoms with van der Waals surface area (Å²) in [5.74, 6) is 0. The number of sulfonamides is 1. The van der Waals surface area contributed by atoms with Crippen molar-refractivity contribution in [1.82, 2.24) is 9.84 Å². The van der Waals surface area contributed by atoms with Crippen LogP contribution in [0.15, 0.2) is 23.1 Å². The molecular weight excluding hydrogens is 266 g/mol. The molecular formula is C12H19N3O3S. The number of aryl methyl sites for hydroxylation is 1. The Hall–Kier alpha value is -1.15. The van der Waals surface area contributed by atoms with E-state index in [1.165, 1.54) is 6.07 Å². The third kappa shape index (κ3) is 3.44. The van der Waals surface area contributed by atoms with Crippen molar-refractivity contribution in [3.63, 3.8) is 0 Å². The molecule has 0 bridgehead atoms. The van der Waals surface area contributed by atoms with Crippen LogP contribution in [0.2, 0.25) is 0 Å². The van der Waals surface area contributed by atoms with Gasteiger partial charge in [0.15, 0.2) is 0 Å². The SMILES string of the molecule is CCc1ccc(N)cc1S(=O)(=O)NN1CCOCC1. The Bertz CT molecular complexity index is 539. The van der Waals surface area contributed by atoms with E-state index in [0.717, 1.165) is 5.56 Å². The van der Waals surface area contributed by atoms with Gasteiger partial charge in [0, 0.05) is 18.8 Å². The van der Waals surface area contributed by atoms with Crippen molar-refractivity contribution < 1.29 is 13.2 Å². The van der Waals surface area contributed by atoms with Crippen LogP contribution in [0.5, 0.6) is 0 Å². The molecule has 1 aromatic carbocycles. The fraction of sp³-hybridized carbons (Fsp3) is 0.500. The normalized spacial score (nSPS) is 17.5. The van der Waals surface area contributed by atoms with E-state index < -0.39 is 10.0 Å². The van der Waals surface area contributed by atoms with E-state index in [4.69, 9.17) is 10.5 Å². The zero-order valence-electron chi connectivity index (χ0n) is 10.9. The van der Waals surface area contributed by atoms with E-state index in [1.54, 1.807) is 17.1 Å². The number of nitrogens with one attached hydrogen (secondary N) is 1. The molecule has 0 aliphatic carbocycles. The number of benzene rings is 1. The monoisotopic (exact) mass is 285 g/mol. The van der Waals surface area contributed by atoms with Gasteiger partial charge < -0.3 is 10.5 Å². The van der Waals surface area contributed by atoms with Gasteiger partial charge in [0.25, 0.3) is 10.0 Å². The highest BCUT2D eigenvalue weighted by molar-refractivity contribution is 7.89. The zero-order chi connectivity index (χ0) is 13.9. The first-order valence-electron chi connectivity index (χ1n) is 6.26. The quantitative estimate of drug-likeness (QED) is 0.780. The number of anilines is 1. The van der Waals surface area contributed by atoms with Crippen molar-refractivity contribution in [1.29, 1.82) is 0 Å². The number of hydrogen-bond acceptors (Lipinski definition) is 5. The van der Waals surface area contributed by atoms with Gasteiger partial charge in [-0.15, -0.1) is 4.83 Å². The first-order valence-corrected chi connectivity index (χ1v) is 7.75. The molecule has 19 heavy (non-hydrogen) atoms. The smallest absolute Gasteiger partial charge is 0.253 e. The van der Waals surface area contributed by atoms with Crippen molar-refractivity contribution in [2.75, 3.05) is 32.0 Å². The second kappa shape index (κ2) is 5.87. The predicted octanol–water partition coefficient (Wildman–Crippen LogP) is 0.357. The van der Waals surface area contributed by atoms with Gasteiger partial charge in [-0.25, -0.2) is 13.4 Å². The number of hydrazine groups is 1. The molecule has 0 radical (unpaired) electrons. The maximum Gasteiger partial charge on any atom is 0.253 e. The highest BCUT2D eigenvalue weighted by atomic mass is 32.2. The summed E-state index contributed by atoms with van der Waals surface area (Å²) in [6.45, 7) is 4.06. The van der Waals surface area contributed by atoms with Crippen LogP contribution in [0.3, 0.4) is 0 Å². The van der Waals surface area contributed by atoms with Crippen LogP contribution >= 0.6 is 0 Å². The van der Waals surface area contributed by atoms with E-state index in [1.807, 2.05) is 6.92 Å². The molecule has 1 aliphatic heterocycles.